The molecular weight excluding hydrogens is 456 g/mol. The highest BCUT2D eigenvalue weighted by atomic mass is 16.5. The van der Waals surface area contributed by atoms with Crippen LogP contribution in [0.3, 0.4) is 0 Å². The Labute approximate surface area is 209 Å². The number of hydrogen-bond donors (Lipinski definition) is 2. The molecule has 0 spiro atoms. The molecule has 2 fully saturated rings. The normalized spacial score (nSPS) is 16.5. The molecule has 0 amide bonds. The van der Waals surface area contributed by atoms with Crippen molar-refractivity contribution in [3.63, 3.8) is 0 Å². The van der Waals surface area contributed by atoms with Gasteiger partial charge >= 0.3 is 0 Å². The van der Waals surface area contributed by atoms with Crippen molar-refractivity contribution in [1.82, 2.24) is 20.2 Å². The molecule has 4 aromatic rings. The third kappa shape index (κ3) is 4.29. The van der Waals surface area contributed by atoms with Crippen molar-refractivity contribution in [3.8, 4) is 0 Å². The summed E-state index contributed by atoms with van der Waals surface area (Å²) in [4.78, 5) is 16.1. The summed E-state index contributed by atoms with van der Waals surface area (Å²) >= 11 is 0. The summed E-state index contributed by atoms with van der Waals surface area (Å²) < 4.78 is 11.3. The first-order chi connectivity index (χ1) is 17.7. The van der Waals surface area contributed by atoms with Gasteiger partial charge in [0.25, 0.3) is 0 Å². The van der Waals surface area contributed by atoms with E-state index < -0.39 is 0 Å². The highest BCUT2D eigenvalue weighted by Gasteiger charge is 2.24. The van der Waals surface area contributed by atoms with Gasteiger partial charge in [0, 0.05) is 54.8 Å². The zero-order chi connectivity index (χ0) is 24.5. The summed E-state index contributed by atoms with van der Waals surface area (Å²) in [6.07, 6.45) is 1.70. The van der Waals surface area contributed by atoms with Crippen LogP contribution < -0.4 is 20.4 Å². The third-order valence-corrected chi connectivity index (χ3v) is 6.74. The Bertz CT molecular complexity index is 1330. The van der Waals surface area contributed by atoms with Crippen molar-refractivity contribution in [2.24, 2.45) is 0 Å². The van der Waals surface area contributed by atoms with Crippen molar-refractivity contribution >= 4 is 45.4 Å². The number of fused-ring (bicyclic) bond motifs is 1. The maximum Gasteiger partial charge on any atom is 0.236 e. The lowest BCUT2D eigenvalue weighted by molar-refractivity contribution is 0.122. The van der Waals surface area contributed by atoms with E-state index in [4.69, 9.17) is 15.2 Å². The number of benzene rings is 2. The molecule has 4 heterocycles. The van der Waals surface area contributed by atoms with Crippen molar-refractivity contribution in [2.75, 3.05) is 73.0 Å². The molecule has 6 rings (SSSR count). The Morgan fingerprint density at radius 2 is 1.58 bits per heavy atom. The Morgan fingerprint density at radius 1 is 0.917 bits per heavy atom. The Morgan fingerprint density at radius 3 is 2.22 bits per heavy atom. The first-order valence-electron chi connectivity index (χ1n) is 12.3. The molecule has 2 saturated heterocycles. The standard InChI is InChI=1S/C26H30N8O2/c1-18-25-22(31-30-18)3-2-4-23(25)34(26-28-6-5-24(27)29-26)21-16-19(32-7-11-35-12-8-32)15-20(17-21)33-9-13-36-14-10-33/h2-6,15-17H,7-14H2,1H3,(H,30,31)(H2,27,28,29). The molecule has 2 aromatic carbocycles. The smallest absolute Gasteiger partial charge is 0.236 e. The SMILES string of the molecule is Cc1[nH]nc2cccc(N(c3cc(N4CCOCC4)cc(N4CCOCC4)c3)c3nccc(N)n3)c12. The number of nitrogens with zero attached hydrogens (tertiary/aromatic N) is 6. The minimum Gasteiger partial charge on any atom is -0.384 e. The summed E-state index contributed by atoms with van der Waals surface area (Å²) in [7, 11) is 0. The van der Waals surface area contributed by atoms with Crippen molar-refractivity contribution in [2.45, 2.75) is 6.92 Å². The van der Waals surface area contributed by atoms with Crippen LogP contribution >= 0.6 is 0 Å². The number of rotatable bonds is 5. The Kier molecular flexibility index (Phi) is 6.04. The van der Waals surface area contributed by atoms with Crippen LogP contribution in [0.4, 0.5) is 34.5 Å². The second kappa shape index (κ2) is 9.63. The van der Waals surface area contributed by atoms with Gasteiger partial charge in [0.2, 0.25) is 5.95 Å². The number of nitrogens with two attached hydrogens (primary N) is 1. The van der Waals surface area contributed by atoms with E-state index in [1.165, 1.54) is 0 Å². The zero-order valence-electron chi connectivity index (χ0n) is 20.4. The van der Waals surface area contributed by atoms with Gasteiger partial charge in [-0.1, -0.05) is 6.07 Å². The topological polar surface area (TPSA) is 109 Å². The first-order valence-corrected chi connectivity index (χ1v) is 12.3. The maximum absolute atomic E-state index is 6.13. The summed E-state index contributed by atoms with van der Waals surface area (Å²) in [6.45, 7) is 8.27. The molecule has 0 aliphatic carbocycles. The highest BCUT2D eigenvalue weighted by Crippen LogP contribution is 2.41. The lowest BCUT2D eigenvalue weighted by Crippen LogP contribution is -2.38. The monoisotopic (exact) mass is 486 g/mol. The van der Waals surface area contributed by atoms with Gasteiger partial charge in [-0.25, -0.2) is 4.98 Å². The molecule has 2 aliphatic heterocycles. The zero-order valence-corrected chi connectivity index (χ0v) is 20.4. The van der Waals surface area contributed by atoms with Gasteiger partial charge in [-0.05, 0) is 43.3 Å². The molecule has 36 heavy (non-hydrogen) atoms. The number of aryl methyl sites for hydroxylation is 1. The van der Waals surface area contributed by atoms with E-state index in [1.807, 2.05) is 19.1 Å². The highest BCUT2D eigenvalue weighted by molar-refractivity contribution is 5.98. The van der Waals surface area contributed by atoms with Crippen LogP contribution in [0, 0.1) is 6.92 Å². The number of aromatic amines is 1. The summed E-state index contributed by atoms with van der Waals surface area (Å²) in [5.41, 5.74) is 12.2. The Balaban J connectivity index is 1.56. The van der Waals surface area contributed by atoms with Crippen molar-refractivity contribution < 1.29 is 9.47 Å². The number of morpholine rings is 2. The number of nitrogen functional groups attached to an aromatic ring is 1. The minimum atomic E-state index is 0.416. The van der Waals surface area contributed by atoms with Crippen molar-refractivity contribution in [3.05, 3.63) is 54.4 Å². The second-order valence-corrected chi connectivity index (χ2v) is 9.04. The van der Waals surface area contributed by atoms with E-state index in [9.17, 15) is 0 Å². The van der Waals surface area contributed by atoms with E-state index in [0.717, 1.165) is 65.5 Å². The largest absolute Gasteiger partial charge is 0.384 e. The molecule has 0 atom stereocenters. The van der Waals surface area contributed by atoms with E-state index in [-0.39, 0.29) is 0 Å². The first kappa shape index (κ1) is 22.6. The fraction of sp³-hybridized carbons (Fsp3) is 0.346. The predicted octanol–water partition coefficient (Wildman–Crippen LogP) is 3.39. The Hall–Kier alpha value is -3.89. The molecule has 186 valence electrons. The molecule has 0 unspecified atom stereocenters. The van der Waals surface area contributed by atoms with E-state index in [0.29, 0.717) is 38.2 Å². The molecule has 2 aromatic heterocycles. The lowest BCUT2D eigenvalue weighted by Gasteiger charge is -2.34. The van der Waals surface area contributed by atoms with E-state index in [1.54, 1.807) is 12.3 Å². The minimum absolute atomic E-state index is 0.416. The van der Waals surface area contributed by atoms with Gasteiger partial charge in [-0.15, -0.1) is 0 Å². The van der Waals surface area contributed by atoms with Crippen LogP contribution in [-0.4, -0.2) is 72.8 Å². The van der Waals surface area contributed by atoms with E-state index >= 15 is 0 Å². The van der Waals surface area contributed by atoms with Crippen LogP contribution in [0.2, 0.25) is 0 Å². The molecule has 0 bridgehead atoms. The van der Waals surface area contributed by atoms with Gasteiger partial charge in [0.1, 0.15) is 5.82 Å². The molecule has 0 radical (unpaired) electrons. The molecule has 0 saturated carbocycles. The predicted molar refractivity (Wildman–Crippen MR) is 142 cm³/mol. The number of aromatic nitrogens is 4. The number of H-pyrrole nitrogens is 1. The number of hydrogen-bond acceptors (Lipinski definition) is 9. The number of anilines is 6. The van der Waals surface area contributed by atoms with Crippen LogP contribution in [-0.2, 0) is 9.47 Å². The van der Waals surface area contributed by atoms with Gasteiger partial charge in [-0.3, -0.25) is 10.00 Å². The molecule has 3 N–H and O–H groups in total. The number of ether oxygens (including phenoxy) is 2. The average molecular weight is 487 g/mol. The summed E-state index contributed by atoms with van der Waals surface area (Å²) in [5.74, 6) is 0.925. The molecule has 10 heteroatoms. The van der Waals surface area contributed by atoms with Gasteiger partial charge < -0.3 is 25.0 Å². The van der Waals surface area contributed by atoms with Crippen molar-refractivity contribution in [1.29, 1.82) is 0 Å². The van der Waals surface area contributed by atoms with Gasteiger partial charge in [0.15, 0.2) is 0 Å². The van der Waals surface area contributed by atoms with Crippen LogP contribution in [0.5, 0.6) is 0 Å². The summed E-state index contributed by atoms with van der Waals surface area (Å²) in [6, 6.07) is 14.5. The maximum atomic E-state index is 6.13. The summed E-state index contributed by atoms with van der Waals surface area (Å²) in [5, 5.41) is 8.63. The lowest BCUT2D eigenvalue weighted by atomic mass is 10.1. The average Bonchev–Trinajstić information content (AvgIpc) is 3.31. The van der Waals surface area contributed by atoms with Crippen LogP contribution in [0.15, 0.2) is 48.7 Å². The second-order valence-electron chi connectivity index (χ2n) is 9.04. The fourth-order valence-electron chi connectivity index (χ4n) is 4.94. The molecular formula is C26H30N8O2. The fourth-order valence-corrected chi connectivity index (χ4v) is 4.94. The quantitative estimate of drug-likeness (QED) is 0.439. The van der Waals surface area contributed by atoms with Crippen LogP contribution in [0.1, 0.15) is 5.69 Å². The van der Waals surface area contributed by atoms with Crippen LogP contribution in [0.25, 0.3) is 10.9 Å². The van der Waals surface area contributed by atoms with Gasteiger partial charge in [-0.2, -0.15) is 10.1 Å². The van der Waals surface area contributed by atoms with Gasteiger partial charge in [0.05, 0.1) is 43.3 Å². The third-order valence-electron chi connectivity index (χ3n) is 6.74. The molecule has 2 aliphatic rings. The van der Waals surface area contributed by atoms with E-state index in [2.05, 4.69) is 59.1 Å². The number of nitrogens with one attached hydrogen (secondary N) is 1. The molecule has 10 nitrogen and oxygen atoms in total.